The van der Waals surface area contributed by atoms with Crippen LogP contribution in [0.3, 0.4) is 0 Å². The first-order chi connectivity index (χ1) is 8.75. The van der Waals surface area contributed by atoms with Gasteiger partial charge in [-0.3, -0.25) is 0 Å². The molecule has 2 aromatic rings. The Kier molecular flexibility index (Phi) is 2.88. The van der Waals surface area contributed by atoms with Gasteiger partial charge in [-0.15, -0.1) is 0 Å². The van der Waals surface area contributed by atoms with Gasteiger partial charge in [0, 0.05) is 5.10 Å². The van der Waals surface area contributed by atoms with E-state index in [-0.39, 0.29) is 0 Å². The van der Waals surface area contributed by atoms with Crippen LogP contribution in [-0.4, -0.2) is 16.4 Å². The highest BCUT2D eigenvalue weighted by atomic mass is 16.5. The summed E-state index contributed by atoms with van der Waals surface area (Å²) in [5.41, 5.74) is 1.09. The van der Waals surface area contributed by atoms with Crippen molar-refractivity contribution in [1.29, 1.82) is 0 Å². The zero-order valence-electron chi connectivity index (χ0n) is 10.8. The molecule has 1 aliphatic heterocycles. The molecule has 0 aliphatic carbocycles. The van der Waals surface area contributed by atoms with E-state index in [1.54, 1.807) is 0 Å². The van der Waals surface area contributed by atoms with Gasteiger partial charge < -0.3 is 4.74 Å². The Morgan fingerprint density at radius 3 is 2.83 bits per heavy atom. The predicted molar refractivity (Wildman–Crippen MR) is 67.3 cm³/mol. The van der Waals surface area contributed by atoms with Crippen molar-refractivity contribution in [3.05, 3.63) is 42.5 Å². The van der Waals surface area contributed by atoms with Gasteiger partial charge in [0.15, 0.2) is 0 Å². The fraction of sp³-hybridized carbons (Fsp3) is 0.429. The molecule has 0 saturated carbocycles. The van der Waals surface area contributed by atoms with Gasteiger partial charge >= 0.3 is 5.82 Å². The quantitative estimate of drug-likeness (QED) is 0.755. The average molecular weight is 244 g/mol. The van der Waals surface area contributed by atoms with Crippen LogP contribution in [-0.2, 0) is 11.3 Å². The Hall–Kier alpha value is -1.68. The Balaban J connectivity index is 2.01. The molecule has 1 aromatic carbocycles. The molecular formula is C14H18N3O+. The van der Waals surface area contributed by atoms with E-state index in [0.717, 1.165) is 18.1 Å². The average Bonchev–Trinajstić information content (AvgIpc) is 2.83. The molecule has 1 aromatic heterocycles. The summed E-state index contributed by atoms with van der Waals surface area (Å²) in [7, 11) is 0. The molecule has 0 spiro atoms. The Bertz CT molecular complexity index is 533. The van der Waals surface area contributed by atoms with E-state index in [1.165, 1.54) is 0 Å². The monoisotopic (exact) mass is 244 g/mol. The first kappa shape index (κ1) is 11.4. The first-order valence-electron chi connectivity index (χ1n) is 6.38. The van der Waals surface area contributed by atoms with Crippen molar-refractivity contribution in [3.8, 4) is 5.69 Å². The van der Waals surface area contributed by atoms with Gasteiger partial charge in [-0.2, -0.15) is 0 Å². The largest absolute Gasteiger partial charge is 0.367 e. The Morgan fingerprint density at radius 2 is 2.11 bits per heavy atom. The second kappa shape index (κ2) is 4.53. The van der Waals surface area contributed by atoms with Crippen LogP contribution >= 0.6 is 0 Å². The van der Waals surface area contributed by atoms with Crippen LogP contribution in [0.15, 0.2) is 36.7 Å². The summed E-state index contributed by atoms with van der Waals surface area (Å²) in [6.45, 7) is 5.81. The number of hydrogen-bond donors (Lipinski definition) is 0. The van der Waals surface area contributed by atoms with Gasteiger partial charge in [0.1, 0.15) is 18.3 Å². The maximum Gasteiger partial charge on any atom is 0.304 e. The molecule has 0 amide bonds. The molecule has 3 rings (SSSR count). The number of para-hydroxylation sites is 1. The highest BCUT2D eigenvalue weighted by molar-refractivity contribution is 5.28. The van der Waals surface area contributed by atoms with E-state index in [9.17, 15) is 0 Å². The van der Waals surface area contributed by atoms with Gasteiger partial charge in [0.2, 0.25) is 6.33 Å². The molecule has 0 N–H and O–H groups in total. The van der Waals surface area contributed by atoms with Gasteiger partial charge in [-0.25, -0.2) is 4.57 Å². The second-order valence-corrected chi connectivity index (χ2v) is 5.05. The van der Waals surface area contributed by atoms with Crippen LogP contribution in [0.2, 0.25) is 0 Å². The number of fused-ring (bicyclic) bond motifs is 1. The van der Waals surface area contributed by atoms with Gasteiger partial charge in [0.25, 0.3) is 0 Å². The van der Waals surface area contributed by atoms with Gasteiger partial charge in [-0.05, 0) is 18.1 Å². The third-order valence-electron chi connectivity index (χ3n) is 3.42. The van der Waals surface area contributed by atoms with E-state index < -0.39 is 0 Å². The summed E-state index contributed by atoms with van der Waals surface area (Å²) in [6.07, 6.45) is 2.08. The van der Waals surface area contributed by atoms with E-state index >= 15 is 0 Å². The lowest BCUT2D eigenvalue weighted by Gasteiger charge is -2.22. The maximum absolute atomic E-state index is 5.62. The van der Waals surface area contributed by atoms with Crippen molar-refractivity contribution in [2.24, 2.45) is 5.92 Å². The molecule has 1 atom stereocenters. The SMILES string of the molecule is CC(C)[C@H]1COCc2nn(-c3ccccc3)c[n+]21. The minimum atomic E-state index is 0.381. The zero-order chi connectivity index (χ0) is 12.5. The van der Waals surface area contributed by atoms with Crippen molar-refractivity contribution in [2.45, 2.75) is 26.5 Å². The number of nitrogens with zero attached hydrogens (tertiary/aromatic N) is 3. The molecule has 4 heteroatoms. The van der Waals surface area contributed by atoms with E-state index in [4.69, 9.17) is 4.74 Å². The summed E-state index contributed by atoms with van der Waals surface area (Å²) in [4.78, 5) is 0. The number of rotatable bonds is 2. The molecule has 4 nitrogen and oxygen atoms in total. The molecule has 2 heterocycles. The molecule has 0 saturated heterocycles. The van der Waals surface area contributed by atoms with Gasteiger partial charge in [-0.1, -0.05) is 36.7 Å². The van der Waals surface area contributed by atoms with E-state index in [0.29, 0.717) is 18.6 Å². The number of benzene rings is 1. The number of hydrogen-bond acceptors (Lipinski definition) is 2. The van der Waals surface area contributed by atoms with Crippen LogP contribution in [0.4, 0.5) is 0 Å². The lowest BCUT2D eigenvalue weighted by molar-refractivity contribution is -0.749. The summed E-state index contributed by atoms with van der Waals surface area (Å²) in [5.74, 6) is 1.55. The summed E-state index contributed by atoms with van der Waals surface area (Å²) < 4.78 is 9.80. The molecule has 0 radical (unpaired) electrons. The van der Waals surface area contributed by atoms with Crippen molar-refractivity contribution >= 4 is 0 Å². The highest BCUT2D eigenvalue weighted by Crippen LogP contribution is 2.17. The molecule has 94 valence electrons. The van der Waals surface area contributed by atoms with Crippen molar-refractivity contribution in [2.75, 3.05) is 6.61 Å². The topological polar surface area (TPSA) is 30.9 Å². The van der Waals surface area contributed by atoms with Crippen LogP contribution in [0.1, 0.15) is 25.7 Å². The fourth-order valence-corrected chi connectivity index (χ4v) is 2.34. The van der Waals surface area contributed by atoms with Crippen molar-refractivity contribution in [3.63, 3.8) is 0 Å². The van der Waals surface area contributed by atoms with Crippen LogP contribution in [0.25, 0.3) is 5.69 Å². The summed E-state index contributed by atoms with van der Waals surface area (Å²) >= 11 is 0. The normalized spacial score (nSPS) is 18.9. The molecule has 1 aliphatic rings. The van der Waals surface area contributed by atoms with Crippen LogP contribution in [0.5, 0.6) is 0 Å². The minimum absolute atomic E-state index is 0.381. The first-order valence-corrected chi connectivity index (χ1v) is 6.38. The van der Waals surface area contributed by atoms with Crippen molar-refractivity contribution < 1.29 is 9.30 Å². The number of aromatic nitrogens is 3. The predicted octanol–water partition coefficient (Wildman–Crippen LogP) is 1.89. The molecule has 0 bridgehead atoms. The fourth-order valence-electron chi connectivity index (χ4n) is 2.34. The van der Waals surface area contributed by atoms with Crippen molar-refractivity contribution in [1.82, 2.24) is 9.78 Å². The minimum Gasteiger partial charge on any atom is -0.367 e. The van der Waals surface area contributed by atoms with Crippen LogP contribution in [0, 0.1) is 5.92 Å². The van der Waals surface area contributed by atoms with Crippen LogP contribution < -0.4 is 4.57 Å². The van der Waals surface area contributed by atoms with Gasteiger partial charge in [0.05, 0.1) is 6.61 Å². The smallest absolute Gasteiger partial charge is 0.304 e. The lowest BCUT2D eigenvalue weighted by atomic mass is 10.0. The Morgan fingerprint density at radius 1 is 1.33 bits per heavy atom. The maximum atomic E-state index is 5.62. The molecule has 18 heavy (non-hydrogen) atoms. The Labute approximate surface area is 107 Å². The third kappa shape index (κ3) is 1.93. The molecular weight excluding hydrogens is 226 g/mol. The molecule has 0 fully saturated rings. The summed E-state index contributed by atoms with van der Waals surface area (Å²) in [5, 5.41) is 4.61. The van der Waals surface area contributed by atoms with E-state index in [1.807, 2.05) is 22.9 Å². The molecule has 0 unspecified atom stereocenters. The zero-order valence-corrected chi connectivity index (χ0v) is 10.8. The summed E-state index contributed by atoms with van der Waals surface area (Å²) in [6, 6.07) is 10.6. The lowest BCUT2D eigenvalue weighted by Crippen LogP contribution is -2.49. The second-order valence-electron chi connectivity index (χ2n) is 5.05. The van der Waals surface area contributed by atoms with E-state index in [2.05, 4.69) is 42.0 Å². The standard InChI is InChI=1S/C14H18N3O/c1-11(2)13-8-18-9-14-15-17(10-16(13)14)12-6-4-3-5-7-12/h3-7,10-11,13H,8-9H2,1-2H3/q+1/t13-/m1/s1. The highest BCUT2D eigenvalue weighted by Gasteiger charge is 2.31. The number of ether oxygens (including phenoxy) is 1. The third-order valence-corrected chi connectivity index (χ3v) is 3.42.